The summed E-state index contributed by atoms with van der Waals surface area (Å²) in [5, 5.41) is 0. The van der Waals surface area contributed by atoms with Crippen molar-refractivity contribution in [3.8, 4) is 0 Å². The van der Waals surface area contributed by atoms with E-state index in [2.05, 4.69) is 29.2 Å². The molecule has 1 fully saturated rings. The molecule has 1 heterocycles. The molecule has 1 aromatic carbocycles. The van der Waals surface area contributed by atoms with Crippen LogP contribution in [0.2, 0.25) is 0 Å². The zero-order valence-electron chi connectivity index (χ0n) is 9.02. The molecule has 15 heavy (non-hydrogen) atoms. The summed E-state index contributed by atoms with van der Waals surface area (Å²) in [6.07, 6.45) is 4.86. The molecular formula is C13H18N2. The van der Waals surface area contributed by atoms with Crippen molar-refractivity contribution in [1.29, 1.82) is 0 Å². The smallest absolute Gasteiger partial charge is 0.0402 e. The standard InChI is InChI=1S/C13H18N2/c14-11-5-6-12(9-11)15-8-7-10-3-1-2-4-13(10)15/h1-4,11-12H,5-9,14H2. The third-order valence-corrected chi connectivity index (χ3v) is 3.81. The van der Waals surface area contributed by atoms with Gasteiger partial charge in [0.2, 0.25) is 0 Å². The molecule has 2 atom stereocenters. The number of benzene rings is 1. The molecule has 0 saturated heterocycles. The van der Waals surface area contributed by atoms with Crippen LogP contribution in [0.3, 0.4) is 0 Å². The quantitative estimate of drug-likeness (QED) is 0.754. The van der Waals surface area contributed by atoms with E-state index in [1.54, 1.807) is 0 Å². The van der Waals surface area contributed by atoms with Gasteiger partial charge in [-0.3, -0.25) is 0 Å². The van der Waals surface area contributed by atoms with Crippen molar-refractivity contribution in [2.45, 2.75) is 37.8 Å². The molecule has 2 nitrogen and oxygen atoms in total. The molecule has 2 aliphatic rings. The van der Waals surface area contributed by atoms with E-state index in [1.807, 2.05) is 0 Å². The van der Waals surface area contributed by atoms with Gasteiger partial charge in [-0.25, -0.2) is 0 Å². The molecule has 1 aliphatic heterocycles. The first-order chi connectivity index (χ1) is 7.34. The summed E-state index contributed by atoms with van der Waals surface area (Å²) in [4.78, 5) is 2.57. The second-order valence-electron chi connectivity index (χ2n) is 4.80. The Hall–Kier alpha value is -1.02. The van der Waals surface area contributed by atoms with Crippen molar-refractivity contribution in [3.05, 3.63) is 29.8 Å². The van der Waals surface area contributed by atoms with Gasteiger partial charge in [0.15, 0.2) is 0 Å². The largest absolute Gasteiger partial charge is 0.368 e. The molecule has 2 heteroatoms. The molecule has 0 spiro atoms. The van der Waals surface area contributed by atoms with Crippen LogP contribution in [-0.4, -0.2) is 18.6 Å². The summed E-state index contributed by atoms with van der Waals surface area (Å²) in [6.45, 7) is 1.19. The Morgan fingerprint density at radius 3 is 2.87 bits per heavy atom. The van der Waals surface area contributed by atoms with Gasteiger partial charge in [-0.2, -0.15) is 0 Å². The summed E-state index contributed by atoms with van der Waals surface area (Å²) in [7, 11) is 0. The van der Waals surface area contributed by atoms with E-state index in [4.69, 9.17) is 5.73 Å². The highest BCUT2D eigenvalue weighted by atomic mass is 15.2. The maximum absolute atomic E-state index is 5.99. The van der Waals surface area contributed by atoms with Crippen LogP contribution in [0.4, 0.5) is 5.69 Å². The number of rotatable bonds is 1. The maximum Gasteiger partial charge on any atom is 0.0402 e. The number of anilines is 1. The number of fused-ring (bicyclic) bond motifs is 1. The third-order valence-electron chi connectivity index (χ3n) is 3.81. The molecular weight excluding hydrogens is 184 g/mol. The Morgan fingerprint density at radius 2 is 2.07 bits per heavy atom. The Balaban J connectivity index is 1.85. The van der Waals surface area contributed by atoms with Crippen molar-refractivity contribution in [1.82, 2.24) is 0 Å². The second-order valence-corrected chi connectivity index (χ2v) is 4.80. The van der Waals surface area contributed by atoms with Crippen LogP contribution in [0.5, 0.6) is 0 Å². The highest BCUT2D eigenvalue weighted by molar-refractivity contribution is 5.58. The number of nitrogens with zero attached hydrogens (tertiary/aromatic N) is 1. The Morgan fingerprint density at radius 1 is 1.20 bits per heavy atom. The molecule has 1 saturated carbocycles. The van der Waals surface area contributed by atoms with E-state index in [0.29, 0.717) is 12.1 Å². The van der Waals surface area contributed by atoms with E-state index in [9.17, 15) is 0 Å². The van der Waals surface area contributed by atoms with Crippen molar-refractivity contribution in [3.63, 3.8) is 0 Å². The van der Waals surface area contributed by atoms with Crippen LogP contribution in [0.25, 0.3) is 0 Å². The molecule has 2 unspecified atom stereocenters. The molecule has 0 aromatic heterocycles. The first kappa shape index (κ1) is 9.22. The molecule has 3 rings (SSSR count). The predicted octanol–water partition coefficient (Wildman–Crippen LogP) is 1.93. The number of para-hydroxylation sites is 1. The van der Waals surface area contributed by atoms with E-state index in [0.717, 1.165) is 0 Å². The number of hydrogen-bond donors (Lipinski definition) is 1. The lowest BCUT2D eigenvalue weighted by atomic mass is 10.1. The summed E-state index contributed by atoms with van der Waals surface area (Å²) < 4.78 is 0. The highest BCUT2D eigenvalue weighted by Crippen LogP contribution is 2.34. The van der Waals surface area contributed by atoms with Crippen LogP contribution in [0.1, 0.15) is 24.8 Å². The third kappa shape index (κ3) is 1.53. The van der Waals surface area contributed by atoms with E-state index >= 15 is 0 Å². The Labute approximate surface area is 91.1 Å². The van der Waals surface area contributed by atoms with Crippen LogP contribution in [0, 0.1) is 0 Å². The molecule has 0 radical (unpaired) electrons. The summed E-state index contributed by atoms with van der Waals surface area (Å²) in [6, 6.07) is 9.93. The van der Waals surface area contributed by atoms with Gasteiger partial charge >= 0.3 is 0 Å². The molecule has 0 bridgehead atoms. The van der Waals surface area contributed by atoms with Gasteiger partial charge in [0.25, 0.3) is 0 Å². The van der Waals surface area contributed by atoms with Crippen LogP contribution in [0.15, 0.2) is 24.3 Å². The van der Waals surface area contributed by atoms with E-state index in [-0.39, 0.29) is 0 Å². The fourth-order valence-corrected chi connectivity index (χ4v) is 3.02. The van der Waals surface area contributed by atoms with Crippen LogP contribution < -0.4 is 10.6 Å². The van der Waals surface area contributed by atoms with Gasteiger partial charge in [-0.15, -0.1) is 0 Å². The number of nitrogens with two attached hydrogens (primary N) is 1. The first-order valence-corrected chi connectivity index (χ1v) is 5.95. The van der Waals surface area contributed by atoms with Crippen molar-refractivity contribution in [2.24, 2.45) is 5.73 Å². The lowest BCUT2D eigenvalue weighted by Crippen LogP contribution is -2.32. The van der Waals surface area contributed by atoms with Crippen molar-refractivity contribution < 1.29 is 0 Å². The van der Waals surface area contributed by atoms with Crippen molar-refractivity contribution in [2.75, 3.05) is 11.4 Å². The van der Waals surface area contributed by atoms with Gasteiger partial charge in [0, 0.05) is 24.3 Å². The highest BCUT2D eigenvalue weighted by Gasteiger charge is 2.30. The lowest BCUT2D eigenvalue weighted by molar-refractivity contribution is 0.610. The fraction of sp³-hybridized carbons (Fsp3) is 0.538. The SMILES string of the molecule is NC1CCC(N2CCc3ccccc32)C1. The molecule has 1 aliphatic carbocycles. The fourth-order valence-electron chi connectivity index (χ4n) is 3.02. The average Bonchev–Trinajstić information content (AvgIpc) is 2.83. The van der Waals surface area contributed by atoms with Gasteiger partial charge < -0.3 is 10.6 Å². The van der Waals surface area contributed by atoms with Crippen LogP contribution in [-0.2, 0) is 6.42 Å². The zero-order valence-corrected chi connectivity index (χ0v) is 9.02. The molecule has 0 amide bonds. The van der Waals surface area contributed by atoms with Crippen LogP contribution >= 0.6 is 0 Å². The van der Waals surface area contributed by atoms with Gasteiger partial charge in [0.1, 0.15) is 0 Å². The van der Waals surface area contributed by atoms with E-state index in [1.165, 1.54) is 43.5 Å². The topological polar surface area (TPSA) is 29.3 Å². The monoisotopic (exact) mass is 202 g/mol. The summed E-state index contributed by atoms with van der Waals surface area (Å²) in [5.41, 5.74) is 8.95. The average molecular weight is 202 g/mol. The first-order valence-electron chi connectivity index (χ1n) is 5.95. The van der Waals surface area contributed by atoms with Gasteiger partial charge in [-0.1, -0.05) is 18.2 Å². The molecule has 2 N–H and O–H groups in total. The minimum Gasteiger partial charge on any atom is -0.368 e. The molecule has 1 aromatic rings. The maximum atomic E-state index is 5.99. The van der Waals surface area contributed by atoms with E-state index < -0.39 is 0 Å². The normalized spacial score (nSPS) is 29.5. The number of hydrogen-bond acceptors (Lipinski definition) is 2. The van der Waals surface area contributed by atoms with Gasteiger partial charge in [-0.05, 0) is 37.3 Å². The minimum atomic E-state index is 0.433. The summed E-state index contributed by atoms with van der Waals surface area (Å²) >= 11 is 0. The molecule has 80 valence electrons. The zero-order chi connectivity index (χ0) is 10.3. The summed E-state index contributed by atoms with van der Waals surface area (Å²) in [5.74, 6) is 0. The van der Waals surface area contributed by atoms with Gasteiger partial charge in [0.05, 0.1) is 0 Å². The Bertz CT molecular complexity index is 361. The second kappa shape index (κ2) is 3.53. The van der Waals surface area contributed by atoms with Crippen molar-refractivity contribution >= 4 is 5.69 Å². The minimum absolute atomic E-state index is 0.433. The lowest BCUT2D eigenvalue weighted by Gasteiger charge is -2.26. The Kier molecular flexibility index (Phi) is 2.17. The predicted molar refractivity (Wildman–Crippen MR) is 63.1 cm³/mol.